The number of hydrogen-bond donors (Lipinski definition) is 0. The van der Waals surface area contributed by atoms with Crippen LogP contribution >= 0.6 is 15.9 Å². The molecule has 17 heavy (non-hydrogen) atoms. The van der Waals surface area contributed by atoms with Gasteiger partial charge in [-0.05, 0) is 38.8 Å². The average Bonchev–Trinajstić information content (AvgIpc) is 2.26. The zero-order valence-corrected chi connectivity index (χ0v) is 12.4. The highest BCUT2D eigenvalue weighted by Crippen LogP contribution is 2.23. The van der Waals surface area contributed by atoms with Crippen LogP contribution in [-0.2, 0) is 4.74 Å². The maximum atomic E-state index is 12.1. The summed E-state index contributed by atoms with van der Waals surface area (Å²) in [7, 11) is 1.67. The highest BCUT2D eigenvalue weighted by molar-refractivity contribution is 9.10. The molecule has 1 aromatic carbocycles. The van der Waals surface area contributed by atoms with Crippen molar-refractivity contribution in [3.8, 4) is 0 Å². The van der Waals surface area contributed by atoms with Gasteiger partial charge in [0.2, 0.25) is 0 Å². The van der Waals surface area contributed by atoms with E-state index in [0.29, 0.717) is 6.42 Å². The maximum absolute atomic E-state index is 12.1. The van der Waals surface area contributed by atoms with E-state index in [4.69, 9.17) is 4.74 Å². The molecule has 0 unspecified atom stereocenters. The molecule has 0 aromatic heterocycles. The van der Waals surface area contributed by atoms with E-state index in [-0.39, 0.29) is 11.4 Å². The Balaban J connectivity index is 2.71. The Morgan fingerprint density at radius 2 is 2.06 bits per heavy atom. The predicted octanol–water partition coefficient (Wildman–Crippen LogP) is 4.15. The van der Waals surface area contributed by atoms with Crippen molar-refractivity contribution >= 4 is 21.7 Å². The van der Waals surface area contributed by atoms with Crippen molar-refractivity contribution in [3.05, 3.63) is 33.8 Å². The van der Waals surface area contributed by atoms with Crippen molar-refractivity contribution in [1.29, 1.82) is 0 Å². The molecule has 0 aliphatic carbocycles. The maximum Gasteiger partial charge on any atom is 0.164 e. The van der Waals surface area contributed by atoms with Gasteiger partial charge in [-0.3, -0.25) is 4.79 Å². The van der Waals surface area contributed by atoms with Crippen LogP contribution in [0.5, 0.6) is 0 Å². The Kier molecular flexibility index (Phi) is 4.90. The van der Waals surface area contributed by atoms with Crippen molar-refractivity contribution in [2.75, 3.05) is 7.11 Å². The summed E-state index contributed by atoms with van der Waals surface area (Å²) < 4.78 is 6.18. The lowest BCUT2D eigenvalue weighted by Gasteiger charge is -2.22. The second-order valence-corrected chi connectivity index (χ2v) is 5.72. The van der Waals surface area contributed by atoms with E-state index >= 15 is 0 Å². The molecule has 0 atom stereocenters. The minimum atomic E-state index is -0.243. The van der Waals surface area contributed by atoms with Gasteiger partial charge in [0.05, 0.1) is 5.60 Å². The van der Waals surface area contributed by atoms with Gasteiger partial charge in [0, 0.05) is 23.6 Å². The number of hydrogen-bond acceptors (Lipinski definition) is 2. The van der Waals surface area contributed by atoms with Crippen molar-refractivity contribution in [3.63, 3.8) is 0 Å². The monoisotopic (exact) mass is 298 g/mol. The molecule has 0 heterocycles. The van der Waals surface area contributed by atoms with Crippen LogP contribution in [0.25, 0.3) is 0 Å². The molecule has 0 spiro atoms. The summed E-state index contributed by atoms with van der Waals surface area (Å²) in [6.07, 6.45) is 1.23. The first kappa shape index (κ1) is 14.4. The fourth-order valence-corrected chi connectivity index (χ4v) is 2.21. The topological polar surface area (TPSA) is 26.3 Å². The first-order valence-electron chi connectivity index (χ1n) is 5.70. The third-order valence-electron chi connectivity index (χ3n) is 2.93. The summed E-state index contributed by atoms with van der Waals surface area (Å²) in [5.74, 6) is 0.155. The predicted molar refractivity (Wildman–Crippen MR) is 73.5 cm³/mol. The van der Waals surface area contributed by atoms with Crippen LogP contribution in [0.15, 0.2) is 22.7 Å². The molecule has 0 bridgehead atoms. The Bertz CT molecular complexity index is 411. The molecule has 0 saturated heterocycles. The summed E-state index contributed by atoms with van der Waals surface area (Å²) in [5.41, 5.74) is 1.65. The van der Waals surface area contributed by atoms with Gasteiger partial charge in [0.1, 0.15) is 0 Å². The van der Waals surface area contributed by atoms with Crippen LogP contribution in [0.2, 0.25) is 0 Å². The third-order valence-corrected chi connectivity index (χ3v) is 3.59. The Hall–Kier alpha value is -0.670. The SMILES string of the molecule is COC(C)(C)CCC(=O)c1ccc(C)cc1Br. The number of halogens is 1. The van der Waals surface area contributed by atoms with Gasteiger partial charge in [0.15, 0.2) is 5.78 Å². The molecule has 2 nitrogen and oxygen atoms in total. The first-order chi connectivity index (χ1) is 7.85. The number of benzene rings is 1. The number of methoxy groups -OCH3 is 1. The quantitative estimate of drug-likeness (QED) is 0.764. The molecule has 0 saturated carbocycles. The van der Waals surface area contributed by atoms with Crippen molar-refractivity contribution < 1.29 is 9.53 Å². The Morgan fingerprint density at radius 3 is 2.59 bits per heavy atom. The van der Waals surface area contributed by atoms with Crippen molar-refractivity contribution in [2.24, 2.45) is 0 Å². The molecule has 0 fully saturated rings. The van der Waals surface area contributed by atoms with Gasteiger partial charge < -0.3 is 4.74 Å². The zero-order valence-electron chi connectivity index (χ0n) is 10.8. The van der Waals surface area contributed by atoms with E-state index in [1.54, 1.807) is 7.11 Å². The van der Waals surface area contributed by atoms with Crippen molar-refractivity contribution in [2.45, 2.75) is 39.2 Å². The fourth-order valence-electron chi connectivity index (χ4n) is 1.50. The number of aryl methyl sites for hydroxylation is 1. The average molecular weight is 299 g/mol. The van der Waals surface area contributed by atoms with Crippen LogP contribution in [0, 0.1) is 6.92 Å². The van der Waals surface area contributed by atoms with Crippen LogP contribution < -0.4 is 0 Å². The second kappa shape index (κ2) is 5.78. The highest BCUT2D eigenvalue weighted by atomic mass is 79.9. The first-order valence-corrected chi connectivity index (χ1v) is 6.49. The van der Waals surface area contributed by atoms with E-state index in [0.717, 1.165) is 22.0 Å². The molecular formula is C14H19BrO2. The number of ether oxygens (including phenoxy) is 1. The van der Waals surface area contributed by atoms with Gasteiger partial charge in [-0.2, -0.15) is 0 Å². The number of ketones is 1. The summed E-state index contributed by atoms with van der Waals surface area (Å²) in [6, 6.07) is 5.80. The number of carbonyl (C=O) groups is 1. The van der Waals surface area contributed by atoms with Gasteiger partial charge >= 0.3 is 0 Å². The molecule has 0 amide bonds. The lowest BCUT2D eigenvalue weighted by Crippen LogP contribution is -2.23. The lowest BCUT2D eigenvalue weighted by atomic mass is 9.97. The summed E-state index contributed by atoms with van der Waals surface area (Å²) in [4.78, 5) is 12.1. The number of Topliss-reactive ketones (excluding diaryl/α,β-unsaturated/α-hetero) is 1. The molecule has 0 aliphatic heterocycles. The zero-order chi connectivity index (χ0) is 13.1. The van der Waals surface area contributed by atoms with Crippen LogP contribution in [-0.4, -0.2) is 18.5 Å². The van der Waals surface area contributed by atoms with E-state index in [1.807, 2.05) is 39.0 Å². The van der Waals surface area contributed by atoms with Gasteiger partial charge in [-0.25, -0.2) is 0 Å². The van der Waals surface area contributed by atoms with Gasteiger partial charge in [-0.1, -0.05) is 28.1 Å². The Morgan fingerprint density at radius 1 is 1.41 bits per heavy atom. The van der Waals surface area contributed by atoms with E-state index in [9.17, 15) is 4.79 Å². The van der Waals surface area contributed by atoms with Crippen LogP contribution in [0.4, 0.5) is 0 Å². The number of carbonyl (C=O) groups excluding carboxylic acids is 1. The summed E-state index contributed by atoms with van der Waals surface area (Å²) in [5, 5.41) is 0. The third kappa shape index (κ3) is 4.25. The van der Waals surface area contributed by atoms with E-state index in [1.165, 1.54) is 0 Å². The molecule has 1 aromatic rings. The van der Waals surface area contributed by atoms with Crippen LogP contribution in [0.1, 0.15) is 42.6 Å². The van der Waals surface area contributed by atoms with Gasteiger partial charge in [0.25, 0.3) is 0 Å². The Labute approximate surface area is 111 Å². The lowest BCUT2D eigenvalue weighted by molar-refractivity contribution is 0.0141. The molecule has 1 rings (SSSR count). The smallest absolute Gasteiger partial charge is 0.164 e. The van der Waals surface area contributed by atoms with E-state index < -0.39 is 0 Å². The molecular weight excluding hydrogens is 280 g/mol. The normalized spacial score (nSPS) is 11.6. The highest BCUT2D eigenvalue weighted by Gasteiger charge is 2.19. The second-order valence-electron chi connectivity index (χ2n) is 4.87. The molecule has 0 N–H and O–H groups in total. The summed E-state index contributed by atoms with van der Waals surface area (Å²) in [6.45, 7) is 5.99. The standard InChI is InChI=1S/C14H19BrO2/c1-10-5-6-11(12(15)9-10)13(16)7-8-14(2,3)17-4/h5-6,9H,7-8H2,1-4H3. The van der Waals surface area contributed by atoms with Crippen molar-refractivity contribution in [1.82, 2.24) is 0 Å². The fraction of sp³-hybridized carbons (Fsp3) is 0.500. The number of rotatable bonds is 5. The minimum absolute atomic E-state index is 0.155. The summed E-state index contributed by atoms with van der Waals surface area (Å²) >= 11 is 3.43. The molecule has 0 radical (unpaired) electrons. The minimum Gasteiger partial charge on any atom is -0.379 e. The molecule has 3 heteroatoms. The molecule has 0 aliphatic rings. The van der Waals surface area contributed by atoms with E-state index in [2.05, 4.69) is 15.9 Å². The largest absolute Gasteiger partial charge is 0.379 e. The van der Waals surface area contributed by atoms with Gasteiger partial charge in [-0.15, -0.1) is 0 Å². The van der Waals surface area contributed by atoms with Crippen LogP contribution in [0.3, 0.4) is 0 Å². The molecule has 94 valence electrons.